The maximum atomic E-state index is 15.0. The molecule has 10 nitrogen and oxygen atoms in total. The lowest BCUT2D eigenvalue weighted by Gasteiger charge is -2.35. The van der Waals surface area contributed by atoms with Crippen molar-refractivity contribution in [2.24, 2.45) is 5.73 Å². The molecule has 1 amide bonds. The first-order valence-corrected chi connectivity index (χ1v) is 10.1. The third-order valence-electron chi connectivity index (χ3n) is 5.51. The number of anilines is 2. The Labute approximate surface area is 196 Å². The SMILES string of the molecule is COc1cc2c(N)nc(N3CCN(C(=O)CC(N)c4ccco4)CC3)nc2c(F)c1OC.Cl. The van der Waals surface area contributed by atoms with E-state index in [4.69, 9.17) is 25.4 Å². The highest BCUT2D eigenvalue weighted by Crippen LogP contribution is 2.37. The zero-order valence-electron chi connectivity index (χ0n) is 18.3. The highest BCUT2D eigenvalue weighted by molar-refractivity contribution is 5.92. The Kier molecular flexibility index (Phi) is 7.44. The number of furan rings is 1. The van der Waals surface area contributed by atoms with E-state index >= 15 is 4.39 Å². The molecule has 0 saturated carbocycles. The Morgan fingerprint density at radius 3 is 2.58 bits per heavy atom. The highest BCUT2D eigenvalue weighted by atomic mass is 35.5. The molecule has 3 aromatic rings. The van der Waals surface area contributed by atoms with Crippen LogP contribution in [0.4, 0.5) is 16.2 Å². The monoisotopic (exact) mass is 480 g/mol. The molecule has 0 aliphatic carbocycles. The number of nitrogen functional groups attached to an aromatic ring is 1. The van der Waals surface area contributed by atoms with Gasteiger partial charge in [0.2, 0.25) is 11.9 Å². The zero-order valence-corrected chi connectivity index (χ0v) is 19.1. The molecule has 1 unspecified atom stereocenters. The van der Waals surface area contributed by atoms with Gasteiger partial charge in [0.15, 0.2) is 17.3 Å². The quantitative estimate of drug-likeness (QED) is 0.544. The first-order chi connectivity index (χ1) is 15.4. The van der Waals surface area contributed by atoms with Gasteiger partial charge in [-0.1, -0.05) is 0 Å². The lowest BCUT2D eigenvalue weighted by Crippen LogP contribution is -2.49. The van der Waals surface area contributed by atoms with E-state index in [2.05, 4.69) is 9.97 Å². The Balaban J connectivity index is 0.00000306. The molecule has 3 heterocycles. The first-order valence-electron chi connectivity index (χ1n) is 10.1. The molecule has 1 saturated heterocycles. The van der Waals surface area contributed by atoms with Gasteiger partial charge in [-0.2, -0.15) is 4.98 Å². The first kappa shape index (κ1) is 24.3. The van der Waals surface area contributed by atoms with E-state index < -0.39 is 11.9 Å². The molecule has 178 valence electrons. The number of halogens is 2. The summed E-state index contributed by atoms with van der Waals surface area (Å²) in [6.45, 7) is 1.86. The Morgan fingerprint density at radius 1 is 1.24 bits per heavy atom. The van der Waals surface area contributed by atoms with Crippen LogP contribution in [-0.2, 0) is 4.79 Å². The van der Waals surface area contributed by atoms with Crippen molar-refractivity contribution < 1.29 is 23.1 Å². The molecule has 1 aliphatic heterocycles. The second kappa shape index (κ2) is 10.1. The summed E-state index contributed by atoms with van der Waals surface area (Å²) in [5.41, 5.74) is 12.2. The van der Waals surface area contributed by atoms with E-state index in [0.717, 1.165) is 0 Å². The normalized spacial score (nSPS) is 14.7. The van der Waals surface area contributed by atoms with Crippen LogP contribution in [-0.4, -0.2) is 61.2 Å². The molecule has 1 fully saturated rings. The standard InChI is InChI=1S/C21H25FN6O4.ClH/c1-30-15-10-12-18(17(22)19(15)31-2)25-21(26-20(12)24)28-7-5-27(6-8-28)16(29)11-13(23)14-4-3-9-32-14;/h3-4,9-10,13H,5-8,11,23H2,1-2H3,(H2,24,25,26);1H. The largest absolute Gasteiger partial charge is 0.493 e. The molecule has 12 heteroatoms. The smallest absolute Gasteiger partial charge is 0.228 e. The molecular weight excluding hydrogens is 455 g/mol. The van der Waals surface area contributed by atoms with Crippen molar-refractivity contribution in [3.05, 3.63) is 36.0 Å². The molecule has 33 heavy (non-hydrogen) atoms. The number of nitrogens with zero attached hydrogens (tertiary/aromatic N) is 4. The van der Waals surface area contributed by atoms with Crippen LogP contribution in [0.1, 0.15) is 18.2 Å². The van der Waals surface area contributed by atoms with Gasteiger partial charge in [-0.15, -0.1) is 12.4 Å². The van der Waals surface area contributed by atoms with Crippen molar-refractivity contribution in [2.75, 3.05) is 51.0 Å². The molecule has 0 spiro atoms. The van der Waals surface area contributed by atoms with Crippen molar-refractivity contribution in [3.63, 3.8) is 0 Å². The number of hydrogen-bond donors (Lipinski definition) is 2. The predicted octanol–water partition coefficient (Wildman–Crippen LogP) is 2.12. The van der Waals surface area contributed by atoms with Crippen molar-refractivity contribution >= 4 is 41.0 Å². The zero-order chi connectivity index (χ0) is 22.8. The van der Waals surface area contributed by atoms with Crippen LogP contribution in [0.3, 0.4) is 0 Å². The van der Waals surface area contributed by atoms with Crippen molar-refractivity contribution in [3.8, 4) is 11.5 Å². The molecule has 1 atom stereocenters. The summed E-state index contributed by atoms with van der Waals surface area (Å²) in [6, 6.07) is 4.55. The van der Waals surface area contributed by atoms with Gasteiger partial charge in [0.05, 0.1) is 26.5 Å². The van der Waals surface area contributed by atoms with E-state index in [9.17, 15) is 4.79 Å². The van der Waals surface area contributed by atoms with Crippen molar-refractivity contribution in [2.45, 2.75) is 12.5 Å². The van der Waals surface area contributed by atoms with Crippen LogP contribution in [0, 0.1) is 5.82 Å². The minimum Gasteiger partial charge on any atom is -0.493 e. The molecule has 0 radical (unpaired) electrons. The summed E-state index contributed by atoms with van der Waals surface area (Å²) in [5.74, 6) is 0.431. The van der Waals surface area contributed by atoms with Gasteiger partial charge in [0.1, 0.15) is 17.1 Å². The fourth-order valence-electron chi connectivity index (χ4n) is 3.76. The number of piperazine rings is 1. The minimum absolute atomic E-state index is 0. The minimum atomic E-state index is -0.669. The van der Waals surface area contributed by atoms with E-state index in [1.54, 1.807) is 23.1 Å². The number of fused-ring (bicyclic) bond motifs is 1. The Bertz CT molecular complexity index is 1120. The Morgan fingerprint density at radius 2 is 1.97 bits per heavy atom. The van der Waals surface area contributed by atoms with E-state index in [-0.39, 0.29) is 47.6 Å². The van der Waals surface area contributed by atoms with E-state index in [1.165, 1.54) is 20.5 Å². The Hall–Kier alpha value is -3.31. The van der Waals surface area contributed by atoms with Crippen LogP contribution in [0.2, 0.25) is 0 Å². The van der Waals surface area contributed by atoms with Crippen molar-refractivity contribution in [1.82, 2.24) is 14.9 Å². The number of benzene rings is 1. The van der Waals surface area contributed by atoms with Crippen LogP contribution >= 0.6 is 12.4 Å². The second-order valence-corrected chi connectivity index (χ2v) is 7.42. The molecule has 4 N–H and O–H groups in total. The molecular formula is C21H26ClFN6O4. The van der Waals surface area contributed by atoms with Crippen LogP contribution in [0.15, 0.2) is 28.9 Å². The summed E-state index contributed by atoms with van der Waals surface area (Å²) in [5, 5.41) is 0.338. The molecule has 1 aliphatic rings. The third-order valence-corrected chi connectivity index (χ3v) is 5.51. The number of hydrogen-bond acceptors (Lipinski definition) is 9. The van der Waals surface area contributed by atoms with Gasteiger partial charge < -0.3 is 35.2 Å². The van der Waals surface area contributed by atoms with Gasteiger partial charge in [0, 0.05) is 38.0 Å². The van der Waals surface area contributed by atoms with Crippen molar-refractivity contribution in [1.29, 1.82) is 0 Å². The number of rotatable bonds is 6. The number of ether oxygens (including phenoxy) is 2. The fraction of sp³-hybridized carbons (Fsp3) is 0.381. The van der Waals surface area contributed by atoms with E-state index in [1.807, 2.05) is 4.90 Å². The van der Waals surface area contributed by atoms with Crippen LogP contribution in [0.25, 0.3) is 10.9 Å². The van der Waals surface area contributed by atoms with Crippen LogP contribution < -0.4 is 25.8 Å². The maximum Gasteiger partial charge on any atom is 0.228 e. The molecule has 4 rings (SSSR count). The molecule has 2 aromatic heterocycles. The number of amides is 1. The summed E-state index contributed by atoms with van der Waals surface area (Å²) < 4.78 is 30.6. The van der Waals surface area contributed by atoms with Gasteiger partial charge in [0.25, 0.3) is 0 Å². The second-order valence-electron chi connectivity index (χ2n) is 7.42. The summed E-state index contributed by atoms with van der Waals surface area (Å²) in [6.07, 6.45) is 1.68. The molecule has 1 aromatic carbocycles. The summed E-state index contributed by atoms with van der Waals surface area (Å²) in [7, 11) is 2.77. The average Bonchev–Trinajstić information content (AvgIpc) is 3.34. The lowest BCUT2D eigenvalue weighted by molar-refractivity contribution is -0.132. The van der Waals surface area contributed by atoms with Gasteiger partial charge in [-0.25, -0.2) is 9.37 Å². The van der Waals surface area contributed by atoms with Crippen LogP contribution in [0.5, 0.6) is 11.5 Å². The number of carbonyl (C=O) groups excluding carboxylic acids is 1. The maximum absolute atomic E-state index is 15.0. The number of carbonyl (C=O) groups is 1. The summed E-state index contributed by atoms with van der Waals surface area (Å²) in [4.78, 5) is 24.9. The van der Waals surface area contributed by atoms with E-state index in [0.29, 0.717) is 43.3 Å². The number of aromatic nitrogens is 2. The highest BCUT2D eigenvalue weighted by Gasteiger charge is 2.26. The number of methoxy groups -OCH3 is 2. The topological polar surface area (TPSA) is 133 Å². The lowest BCUT2D eigenvalue weighted by atomic mass is 10.1. The summed E-state index contributed by atoms with van der Waals surface area (Å²) >= 11 is 0. The van der Waals surface area contributed by atoms with Gasteiger partial charge >= 0.3 is 0 Å². The third kappa shape index (κ3) is 4.74. The van der Waals surface area contributed by atoms with Gasteiger partial charge in [-0.05, 0) is 18.2 Å². The molecule has 0 bridgehead atoms. The van der Waals surface area contributed by atoms with Gasteiger partial charge in [-0.3, -0.25) is 4.79 Å². The average molecular weight is 481 g/mol. The number of nitrogens with two attached hydrogens (primary N) is 2. The predicted molar refractivity (Wildman–Crippen MR) is 123 cm³/mol. The fourth-order valence-corrected chi connectivity index (χ4v) is 3.76.